The molecule has 2 heterocycles. The molecule has 1 aliphatic heterocycles. The highest BCUT2D eigenvalue weighted by molar-refractivity contribution is 5.97. The molecule has 106 valence electrons. The number of aromatic nitrogens is 2. The Bertz CT molecular complexity index is 907. The number of benzene rings is 2. The van der Waals surface area contributed by atoms with Gasteiger partial charge in [0.05, 0.1) is 23.1 Å². The number of nitriles is 1. The molecule has 3 aromatic rings. The van der Waals surface area contributed by atoms with Crippen LogP contribution in [0.1, 0.15) is 11.6 Å². The van der Waals surface area contributed by atoms with Gasteiger partial charge in [0.15, 0.2) is 5.92 Å². The molecule has 1 amide bonds. The normalized spacial score (nSPS) is 20.2. The van der Waals surface area contributed by atoms with Gasteiger partial charge in [-0.15, -0.1) is 0 Å². The summed E-state index contributed by atoms with van der Waals surface area (Å²) in [5, 5.41) is 12.2. The lowest BCUT2D eigenvalue weighted by atomic mass is 9.91. The van der Waals surface area contributed by atoms with E-state index < -0.39 is 5.92 Å². The summed E-state index contributed by atoms with van der Waals surface area (Å²) >= 11 is 0. The van der Waals surface area contributed by atoms with Gasteiger partial charge >= 0.3 is 0 Å². The number of hydrogen-bond donors (Lipinski definition) is 1. The first-order valence-electron chi connectivity index (χ1n) is 7.02. The van der Waals surface area contributed by atoms with Crippen LogP contribution in [-0.2, 0) is 4.79 Å². The second-order valence-corrected chi connectivity index (χ2v) is 5.25. The molecule has 1 aromatic heterocycles. The zero-order chi connectivity index (χ0) is 15.1. The fourth-order valence-corrected chi connectivity index (χ4v) is 3.02. The van der Waals surface area contributed by atoms with Crippen LogP contribution in [-0.4, -0.2) is 15.5 Å². The molecule has 2 atom stereocenters. The Hall–Kier alpha value is -3.13. The van der Waals surface area contributed by atoms with Crippen molar-refractivity contribution in [1.82, 2.24) is 9.55 Å². The smallest absolute Gasteiger partial charge is 0.246 e. The summed E-state index contributed by atoms with van der Waals surface area (Å²) < 4.78 is 1.94. The topological polar surface area (TPSA) is 70.7 Å². The van der Waals surface area contributed by atoms with Crippen LogP contribution in [0, 0.1) is 17.2 Å². The Morgan fingerprint density at radius 3 is 2.59 bits per heavy atom. The third-order valence-corrected chi connectivity index (χ3v) is 3.99. The molecule has 22 heavy (non-hydrogen) atoms. The van der Waals surface area contributed by atoms with Crippen molar-refractivity contribution in [3.63, 3.8) is 0 Å². The number of para-hydroxylation sites is 2. The van der Waals surface area contributed by atoms with Crippen LogP contribution in [0.3, 0.4) is 0 Å². The molecule has 0 unspecified atom stereocenters. The van der Waals surface area contributed by atoms with Crippen LogP contribution < -0.4 is 5.32 Å². The Morgan fingerprint density at radius 2 is 1.82 bits per heavy atom. The summed E-state index contributed by atoms with van der Waals surface area (Å²) in [6.45, 7) is 0. The highest BCUT2D eigenvalue weighted by atomic mass is 16.2. The van der Waals surface area contributed by atoms with E-state index in [9.17, 15) is 10.1 Å². The summed E-state index contributed by atoms with van der Waals surface area (Å²) in [7, 11) is 0. The second kappa shape index (κ2) is 4.71. The summed E-state index contributed by atoms with van der Waals surface area (Å²) in [6.07, 6.45) is 0. The molecule has 0 fully saturated rings. The number of anilines is 1. The number of carbonyl (C=O) groups excluding carboxylic acids is 1. The number of nitrogens with zero attached hydrogens (tertiary/aromatic N) is 3. The summed E-state index contributed by atoms with van der Waals surface area (Å²) in [6, 6.07) is 19.1. The summed E-state index contributed by atoms with van der Waals surface area (Å²) in [4.78, 5) is 16.7. The van der Waals surface area contributed by atoms with Gasteiger partial charge in [0, 0.05) is 0 Å². The van der Waals surface area contributed by atoms with Crippen LogP contribution in [0.5, 0.6) is 0 Å². The average Bonchev–Trinajstić information content (AvgIpc) is 2.92. The van der Waals surface area contributed by atoms with Crippen molar-refractivity contribution in [1.29, 1.82) is 5.26 Å². The molecule has 0 saturated carbocycles. The van der Waals surface area contributed by atoms with E-state index in [4.69, 9.17) is 0 Å². The lowest BCUT2D eigenvalue weighted by Crippen LogP contribution is -2.37. The van der Waals surface area contributed by atoms with Gasteiger partial charge in [-0.25, -0.2) is 4.98 Å². The first-order chi connectivity index (χ1) is 10.8. The molecule has 1 N–H and O–H groups in total. The van der Waals surface area contributed by atoms with E-state index in [0.29, 0.717) is 5.95 Å². The summed E-state index contributed by atoms with van der Waals surface area (Å²) in [5.74, 6) is -0.599. The minimum Gasteiger partial charge on any atom is -0.300 e. The maximum Gasteiger partial charge on any atom is 0.246 e. The molecular weight excluding hydrogens is 276 g/mol. The van der Waals surface area contributed by atoms with Gasteiger partial charge in [0.2, 0.25) is 11.9 Å². The SMILES string of the molecule is N#C[C@@H]1C(=O)Nc2nc3ccccc3n2[C@H]1c1ccccc1. The van der Waals surface area contributed by atoms with Crippen molar-refractivity contribution in [2.24, 2.45) is 5.92 Å². The fourth-order valence-electron chi connectivity index (χ4n) is 3.02. The van der Waals surface area contributed by atoms with Gasteiger partial charge in [0.25, 0.3) is 0 Å². The van der Waals surface area contributed by atoms with E-state index >= 15 is 0 Å². The first-order valence-corrected chi connectivity index (χ1v) is 7.02. The minimum atomic E-state index is -0.785. The van der Waals surface area contributed by atoms with Gasteiger partial charge in [-0.05, 0) is 17.7 Å². The molecular formula is C17H12N4O. The number of nitrogens with one attached hydrogen (secondary N) is 1. The van der Waals surface area contributed by atoms with Crippen LogP contribution >= 0.6 is 0 Å². The molecule has 4 rings (SSSR count). The zero-order valence-electron chi connectivity index (χ0n) is 11.6. The molecule has 5 heteroatoms. The molecule has 1 aliphatic rings. The third kappa shape index (κ3) is 1.71. The number of imidazole rings is 1. The minimum absolute atomic E-state index is 0.306. The van der Waals surface area contributed by atoms with Crippen molar-refractivity contribution < 1.29 is 4.79 Å². The lowest BCUT2D eigenvalue weighted by molar-refractivity contribution is -0.119. The van der Waals surface area contributed by atoms with Crippen molar-refractivity contribution in [2.75, 3.05) is 5.32 Å². The Kier molecular flexibility index (Phi) is 2.70. The van der Waals surface area contributed by atoms with Crippen molar-refractivity contribution >= 4 is 22.9 Å². The molecule has 2 aromatic carbocycles. The second-order valence-electron chi connectivity index (χ2n) is 5.25. The highest BCUT2D eigenvalue weighted by Crippen LogP contribution is 2.37. The average molecular weight is 288 g/mol. The molecule has 5 nitrogen and oxygen atoms in total. The van der Waals surface area contributed by atoms with Gasteiger partial charge in [0.1, 0.15) is 0 Å². The van der Waals surface area contributed by atoms with Crippen molar-refractivity contribution in [3.05, 3.63) is 60.2 Å². The van der Waals surface area contributed by atoms with Crippen LogP contribution in [0.15, 0.2) is 54.6 Å². The van der Waals surface area contributed by atoms with Crippen molar-refractivity contribution in [2.45, 2.75) is 6.04 Å². The Morgan fingerprint density at radius 1 is 1.09 bits per heavy atom. The number of fused-ring (bicyclic) bond motifs is 3. The molecule has 0 bridgehead atoms. The number of amides is 1. The van der Waals surface area contributed by atoms with Crippen LogP contribution in [0.2, 0.25) is 0 Å². The molecule has 0 spiro atoms. The zero-order valence-corrected chi connectivity index (χ0v) is 11.6. The number of rotatable bonds is 1. The van der Waals surface area contributed by atoms with Crippen molar-refractivity contribution in [3.8, 4) is 6.07 Å². The Labute approximate surface area is 126 Å². The monoisotopic (exact) mass is 288 g/mol. The maximum atomic E-state index is 12.3. The van der Waals surface area contributed by atoms with E-state index in [-0.39, 0.29) is 11.9 Å². The van der Waals surface area contributed by atoms with E-state index in [0.717, 1.165) is 16.6 Å². The van der Waals surface area contributed by atoms with E-state index in [1.54, 1.807) is 0 Å². The Balaban J connectivity index is 2.03. The van der Waals surface area contributed by atoms with Crippen LogP contribution in [0.25, 0.3) is 11.0 Å². The number of carbonyl (C=O) groups is 1. The predicted octanol–water partition coefficient (Wildman–Crippen LogP) is 2.72. The van der Waals surface area contributed by atoms with Gasteiger partial charge < -0.3 is 4.57 Å². The van der Waals surface area contributed by atoms with Gasteiger partial charge in [-0.1, -0.05) is 42.5 Å². The highest BCUT2D eigenvalue weighted by Gasteiger charge is 2.38. The van der Waals surface area contributed by atoms with Gasteiger partial charge in [-0.2, -0.15) is 5.26 Å². The number of hydrogen-bond acceptors (Lipinski definition) is 3. The quantitative estimate of drug-likeness (QED) is 0.748. The largest absolute Gasteiger partial charge is 0.300 e. The van der Waals surface area contributed by atoms with E-state index in [1.165, 1.54) is 0 Å². The lowest BCUT2D eigenvalue weighted by Gasteiger charge is -2.29. The molecule has 0 saturated heterocycles. The first kappa shape index (κ1) is 12.6. The van der Waals surface area contributed by atoms with E-state index in [2.05, 4.69) is 16.4 Å². The van der Waals surface area contributed by atoms with Crippen LogP contribution in [0.4, 0.5) is 5.95 Å². The van der Waals surface area contributed by atoms with E-state index in [1.807, 2.05) is 59.2 Å². The standard InChI is InChI=1S/C17H12N4O/c18-10-12-15(11-6-2-1-3-7-11)21-14-9-5-4-8-13(14)19-17(21)20-16(12)22/h1-9,12,15H,(H,19,20,22)/t12-,15-/m0/s1. The third-order valence-electron chi connectivity index (χ3n) is 3.99. The summed E-state index contributed by atoms with van der Waals surface area (Å²) in [5.41, 5.74) is 2.64. The van der Waals surface area contributed by atoms with Gasteiger partial charge in [-0.3, -0.25) is 10.1 Å². The fraction of sp³-hybridized carbons (Fsp3) is 0.118. The molecule has 0 aliphatic carbocycles. The molecule has 0 radical (unpaired) electrons. The maximum absolute atomic E-state index is 12.3. The predicted molar refractivity (Wildman–Crippen MR) is 82.0 cm³/mol.